The van der Waals surface area contributed by atoms with E-state index < -0.39 is 5.91 Å². The molecule has 0 bridgehead atoms. The SMILES string of the molecule is O=C(/C=C/c1ccc(-c2cc(Cl)cc(Cl)c2)o1)Nc1ccc(Cl)cc1C(=O)c1ccccc1. The number of rotatable bonds is 6. The van der Waals surface area contributed by atoms with Crippen LogP contribution in [0.3, 0.4) is 0 Å². The summed E-state index contributed by atoms with van der Waals surface area (Å²) in [6.07, 6.45) is 2.85. The molecule has 0 aliphatic carbocycles. The van der Waals surface area contributed by atoms with Crippen LogP contribution in [-0.2, 0) is 4.79 Å². The number of hydrogen-bond acceptors (Lipinski definition) is 3. The Kier molecular flexibility index (Phi) is 6.99. The number of benzene rings is 3. The molecule has 0 spiro atoms. The molecule has 4 nitrogen and oxygen atoms in total. The number of carbonyl (C=O) groups excluding carboxylic acids is 2. The van der Waals surface area contributed by atoms with Crippen LogP contribution in [0.5, 0.6) is 0 Å². The zero-order valence-corrected chi connectivity index (χ0v) is 19.3. The first-order chi connectivity index (χ1) is 15.9. The van der Waals surface area contributed by atoms with Gasteiger partial charge >= 0.3 is 0 Å². The lowest BCUT2D eigenvalue weighted by Gasteiger charge is -2.10. The average Bonchev–Trinajstić information content (AvgIpc) is 3.28. The van der Waals surface area contributed by atoms with Crippen molar-refractivity contribution < 1.29 is 14.0 Å². The molecule has 0 saturated carbocycles. The molecule has 1 amide bonds. The van der Waals surface area contributed by atoms with Crippen LogP contribution in [0.15, 0.2) is 89.4 Å². The highest BCUT2D eigenvalue weighted by Gasteiger charge is 2.15. The number of carbonyl (C=O) groups is 2. The van der Waals surface area contributed by atoms with Crippen LogP contribution in [0.1, 0.15) is 21.7 Å². The van der Waals surface area contributed by atoms with E-state index in [4.69, 9.17) is 39.2 Å². The molecule has 164 valence electrons. The maximum absolute atomic E-state index is 12.9. The Hall–Kier alpha value is -3.31. The van der Waals surface area contributed by atoms with E-state index in [9.17, 15) is 9.59 Å². The molecule has 33 heavy (non-hydrogen) atoms. The van der Waals surface area contributed by atoms with Crippen molar-refractivity contribution in [2.24, 2.45) is 0 Å². The standard InChI is InChI=1S/C26H16Cl3NO3/c27-18-6-9-23(22(15-18)26(32)16-4-2-1-3-5-16)30-25(31)11-8-21-7-10-24(33-21)17-12-19(28)14-20(29)13-17/h1-15H,(H,30,31)/b11-8+. The van der Waals surface area contributed by atoms with E-state index in [2.05, 4.69) is 5.32 Å². The van der Waals surface area contributed by atoms with Crippen molar-refractivity contribution in [2.75, 3.05) is 5.32 Å². The Morgan fingerprint density at radius 1 is 0.788 bits per heavy atom. The number of hydrogen-bond donors (Lipinski definition) is 1. The monoisotopic (exact) mass is 495 g/mol. The van der Waals surface area contributed by atoms with Gasteiger partial charge in [0.15, 0.2) is 5.78 Å². The van der Waals surface area contributed by atoms with Gasteiger partial charge in [-0.2, -0.15) is 0 Å². The molecule has 1 heterocycles. The minimum absolute atomic E-state index is 0.242. The molecule has 4 aromatic rings. The first-order valence-electron chi connectivity index (χ1n) is 9.84. The maximum atomic E-state index is 12.9. The predicted molar refractivity (Wildman–Crippen MR) is 133 cm³/mol. The Balaban J connectivity index is 1.51. The van der Waals surface area contributed by atoms with E-state index in [0.29, 0.717) is 43.4 Å². The Morgan fingerprint density at radius 2 is 1.52 bits per heavy atom. The summed E-state index contributed by atoms with van der Waals surface area (Å²) in [6.45, 7) is 0. The third kappa shape index (κ3) is 5.74. The first-order valence-corrected chi connectivity index (χ1v) is 11.0. The van der Waals surface area contributed by atoms with Gasteiger partial charge < -0.3 is 9.73 Å². The highest BCUT2D eigenvalue weighted by Crippen LogP contribution is 2.29. The van der Waals surface area contributed by atoms with Gasteiger partial charge in [0.2, 0.25) is 5.91 Å². The van der Waals surface area contributed by atoms with Crippen molar-refractivity contribution in [1.29, 1.82) is 0 Å². The molecule has 0 radical (unpaired) electrons. The molecule has 0 fully saturated rings. The number of halogens is 3. The van der Waals surface area contributed by atoms with Crippen LogP contribution in [0.2, 0.25) is 15.1 Å². The summed E-state index contributed by atoms with van der Waals surface area (Å²) in [5.41, 5.74) is 1.88. The normalized spacial score (nSPS) is 11.0. The van der Waals surface area contributed by atoms with Gasteiger partial charge in [0.25, 0.3) is 0 Å². The zero-order valence-electron chi connectivity index (χ0n) is 17.0. The third-order valence-corrected chi connectivity index (χ3v) is 5.36. The van der Waals surface area contributed by atoms with Crippen molar-refractivity contribution >= 4 is 58.3 Å². The fourth-order valence-corrected chi connectivity index (χ4v) is 3.88. The van der Waals surface area contributed by atoms with Crippen molar-refractivity contribution in [3.8, 4) is 11.3 Å². The number of ketones is 1. The minimum atomic E-state index is -0.428. The van der Waals surface area contributed by atoms with Crippen molar-refractivity contribution in [3.63, 3.8) is 0 Å². The van der Waals surface area contributed by atoms with Crippen LogP contribution >= 0.6 is 34.8 Å². The lowest BCUT2D eigenvalue weighted by atomic mass is 10.0. The van der Waals surface area contributed by atoms with Gasteiger partial charge in [-0.3, -0.25) is 9.59 Å². The molecule has 0 aliphatic heterocycles. The van der Waals surface area contributed by atoms with E-state index in [-0.39, 0.29) is 5.78 Å². The van der Waals surface area contributed by atoms with E-state index >= 15 is 0 Å². The molecular formula is C26H16Cl3NO3. The second-order valence-electron chi connectivity index (χ2n) is 7.07. The quantitative estimate of drug-likeness (QED) is 0.219. The van der Waals surface area contributed by atoms with E-state index in [1.165, 1.54) is 18.2 Å². The van der Waals surface area contributed by atoms with Gasteiger partial charge in [-0.1, -0.05) is 65.1 Å². The summed E-state index contributed by atoms with van der Waals surface area (Å²) in [5.74, 6) is 0.359. The third-order valence-electron chi connectivity index (χ3n) is 4.69. The number of anilines is 1. The number of nitrogens with one attached hydrogen (secondary N) is 1. The first kappa shape index (κ1) is 22.9. The summed E-state index contributed by atoms with van der Waals surface area (Å²) >= 11 is 18.2. The molecule has 0 unspecified atom stereocenters. The Bertz CT molecular complexity index is 1340. The summed E-state index contributed by atoms with van der Waals surface area (Å²) in [6, 6.07) is 22.1. The molecule has 7 heteroatoms. The smallest absolute Gasteiger partial charge is 0.248 e. The van der Waals surface area contributed by atoms with Crippen LogP contribution in [0, 0.1) is 0 Å². The fraction of sp³-hybridized carbons (Fsp3) is 0. The molecule has 1 N–H and O–H groups in total. The van der Waals surface area contributed by atoms with Crippen LogP contribution in [0.25, 0.3) is 17.4 Å². The van der Waals surface area contributed by atoms with Gasteiger partial charge in [0, 0.05) is 37.8 Å². The van der Waals surface area contributed by atoms with Crippen LogP contribution in [-0.4, -0.2) is 11.7 Å². The van der Waals surface area contributed by atoms with Crippen LogP contribution in [0.4, 0.5) is 5.69 Å². The Labute approximate surface area is 205 Å². The highest BCUT2D eigenvalue weighted by molar-refractivity contribution is 6.35. The lowest BCUT2D eigenvalue weighted by Crippen LogP contribution is -2.12. The average molecular weight is 497 g/mol. The van der Waals surface area contributed by atoms with Gasteiger partial charge in [0.05, 0.1) is 5.69 Å². The molecular weight excluding hydrogens is 481 g/mol. The predicted octanol–water partition coefficient (Wildman–Crippen LogP) is 7.79. The fourth-order valence-electron chi connectivity index (χ4n) is 3.18. The van der Waals surface area contributed by atoms with Gasteiger partial charge in [0.1, 0.15) is 11.5 Å². The molecule has 0 saturated heterocycles. The maximum Gasteiger partial charge on any atom is 0.248 e. The van der Waals surface area contributed by atoms with Gasteiger partial charge in [-0.05, 0) is 54.6 Å². The minimum Gasteiger partial charge on any atom is -0.457 e. The number of amides is 1. The van der Waals surface area contributed by atoms with Crippen LogP contribution < -0.4 is 5.32 Å². The van der Waals surface area contributed by atoms with Gasteiger partial charge in [-0.15, -0.1) is 0 Å². The second-order valence-corrected chi connectivity index (χ2v) is 8.38. The summed E-state index contributed by atoms with van der Waals surface area (Å²) in [5, 5.41) is 4.11. The van der Waals surface area contributed by atoms with Crippen molar-refractivity contribution in [3.05, 3.63) is 117 Å². The van der Waals surface area contributed by atoms with E-state index in [1.54, 1.807) is 66.7 Å². The summed E-state index contributed by atoms with van der Waals surface area (Å²) in [7, 11) is 0. The Morgan fingerprint density at radius 3 is 2.24 bits per heavy atom. The second kappa shape index (κ2) is 10.1. The molecule has 0 atom stereocenters. The van der Waals surface area contributed by atoms with E-state index in [0.717, 1.165) is 5.56 Å². The topological polar surface area (TPSA) is 59.3 Å². The van der Waals surface area contributed by atoms with Crippen molar-refractivity contribution in [1.82, 2.24) is 0 Å². The summed E-state index contributed by atoms with van der Waals surface area (Å²) in [4.78, 5) is 25.4. The molecule has 0 aliphatic rings. The zero-order chi connectivity index (χ0) is 23.4. The van der Waals surface area contributed by atoms with Gasteiger partial charge in [-0.25, -0.2) is 0 Å². The molecule has 4 rings (SSSR count). The number of furan rings is 1. The largest absolute Gasteiger partial charge is 0.457 e. The molecule has 1 aromatic heterocycles. The molecule has 3 aromatic carbocycles. The van der Waals surface area contributed by atoms with Crippen molar-refractivity contribution in [2.45, 2.75) is 0 Å². The summed E-state index contributed by atoms with van der Waals surface area (Å²) < 4.78 is 5.76. The van der Waals surface area contributed by atoms with E-state index in [1.807, 2.05) is 6.07 Å². The highest BCUT2D eigenvalue weighted by atomic mass is 35.5. The lowest BCUT2D eigenvalue weighted by molar-refractivity contribution is -0.111.